The number of nitriles is 1. The Labute approximate surface area is 153 Å². The number of nitrogen functional groups attached to an aromatic ring is 2. The van der Waals surface area contributed by atoms with Gasteiger partial charge in [0.1, 0.15) is 21.6 Å². The van der Waals surface area contributed by atoms with Crippen LogP contribution in [-0.4, -0.2) is 17.4 Å². The SMILES string of the molecule is N#Cc1cc2c(N)c(C(=O)NCCc3ccc(Cl)cc3)sc2nc1N. The summed E-state index contributed by atoms with van der Waals surface area (Å²) >= 11 is 7.01. The number of pyridine rings is 1. The molecule has 0 saturated heterocycles. The number of hydrogen-bond donors (Lipinski definition) is 3. The number of hydrogen-bond acceptors (Lipinski definition) is 6. The van der Waals surface area contributed by atoms with E-state index in [0.717, 1.165) is 16.9 Å². The molecule has 3 aromatic rings. The Balaban J connectivity index is 1.74. The summed E-state index contributed by atoms with van der Waals surface area (Å²) in [5.74, 6) is -0.141. The minimum Gasteiger partial charge on any atom is -0.397 e. The Bertz CT molecular complexity index is 991. The molecule has 0 aliphatic rings. The van der Waals surface area contributed by atoms with E-state index in [1.807, 2.05) is 30.3 Å². The van der Waals surface area contributed by atoms with Gasteiger partial charge in [0.05, 0.1) is 11.3 Å². The van der Waals surface area contributed by atoms with Crippen LogP contribution in [0.5, 0.6) is 0 Å². The van der Waals surface area contributed by atoms with E-state index >= 15 is 0 Å². The zero-order valence-electron chi connectivity index (χ0n) is 13.0. The molecule has 8 heteroatoms. The maximum absolute atomic E-state index is 12.4. The van der Waals surface area contributed by atoms with Crippen molar-refractivity contribution in [3.63, 3.8) is 0 Å². The zero-order valence-corrected chi connectivity index (χ0v) is 14.6. The van der Waals surface area contributed by atoms with Crippen molar-refractivity contribution in [1.82, 2.24) is 10.3 Å². The van der Waals surface area contributed by atoms with Crippen LogP contribution in [0.15, 0.2) is 30.3 Å². The second kappa shape index (κ2) is 6.97. The monoisotopic (exact) mass is 371 g/mol. The van der Waals surface area contributed by atoms with Gasteiger partial charge in [0.15, 0.2) is 0 Å². The van der Waals surface area contributed by atoms with E-state index in [1.54, 1.807) is 6.07 Å². The lowest BCUT2D eigenvalue weighted by molar-refractivity contribution is 0.0959. The number of aromatic nitrogens is 1. The fraction of sp³-hybridized carbons (Fsp3) is 0.118. The van der Waals surface area contributed by atoms with Crippen molar-refractivity contribution >= 4 is 50.6 Å². The third-order valence-electron chi connectivity index (χ3n) is 3.69. The van der Waals surface area contributed by atoms with Crippen molar-refractivity contribution < 1.29 is 4.79 Å². The van der Waals surface area contributed by atoms with Gasteiger partial charge in [-0.3, -0.25) is 4.79 Å². The Kier molecular flexibility index (Phi) is 4.74. The van der Waals surface area contributed by atoms with Crippen LogP contribution in [0, 0.1) is 11.3 Å². The van der Waals surface area contributed by atoms with E-state index < -0.39 is 0 Å². The highest BCUT2D eigenvalue weighted by Crippen LogP contribution is 2.34. The molecule has 25 heavy (non-hydrogen) atoms. The van der Waals surface area contributed by atoms with Crippen LogP contribution in [0.2, 0.25) is 5.02 Å². The number of nitrogens with two attached hydrogens (primary N) is 2. The number of nitrogens with zero attached hydrogens (tertiary/aromatic N) is 2. The zero-order chi connectivity index (χ0) is 18.0. The molecule has 0 unspecified atom stereocenters. The lowest BCUT2D eigenvalue weighted by Gasteiger charge is -2.05. The molecule has 5 N–H and O–H groups in total. The molecule has 0 bridgehead atoms. The Morgan fingerprint density at radius 3 is 2.72 bits per heavy atom. The molecule has 2 heterocycles. The largest absolute Gasteiger partial charge is 0.397 e. The third kappa shape index (κ3) is 3.50. The van der Waals surface area contributed by atoms with E-state index in [2.05, 4.69) is 10.3 Å². The van der Waals surface area contributed by atoms with Gasteiger partial charge in [-0.1, -0.05) is 23.7 Å². The Hall–Kier alpha value is -2.82. The average molecular weight is 372 g/mol. The number of amides is 1. The molecular formula is C17H14ClN5OS. The molecule has 0 saturated carbocycles. The molecule has 1 amide bonds. The number of rotatable bonds is 4. The lowest BCUT2D eigenvalue weighted by Crippen LogP contribution is -2.25. The summed E-state index contributed by atoms with van der Waals surface area (Å²) in [5.41, 5.74) is 13.4. The second-order valence-corrected chi connectivity index (χ2v) is 6.80. The highest BCUT2D eigenvalue weighted by Gasteiger charge is 2.18. The van der Waals surface area contributed by atoms with Gasteiger partial charge < -0.3 is 16.8 Å². The van der Waals surface area contributed by atoms with Gasteiger partial charge in [-0.15, -0.1) is 11.3 Å². The molecule has 0 aliphatic heterocycles. The van der Waals surface area contributed by atoms with Crippen LogP contribution in [0.25, 0.3) is 10.2 Å². The molecule has 6 nitrogen and oxygen atoms in total. The first-order valence-electron chi connectivity index (χ1n) is 7.41. The highest BCUT2D eigenvalue weighted by molar-refractivity contribution is 7.21. The molecule has 2 aromatic heterocycles. The summed E-state index contributed by atoms with van der Waals surface area (Å²) in [6.07, 6.45) is 0.678. The third-order valence-corrected chi connectivity index (χ3v) is 5.06. The van der Waals surface area contributed by atoms with Gasteiger partial charge in [0.25, 0.3) is 5.91 Å². The second-order valence-electron chi connectivity index (χ2n) is 5.36. The van der Waals surface area contributed by atoms with E-state index in [9.17, 15) is 4.79 Å². The van der Waals surface area contributed by atoms with Gasteiger partial charge in [0, 0.05) is 17.0 Å². The molecule has 126 valence electrons. The fourth-order valence-corrected chi connectivity index (χ4v) is 3.49. The van der Waals surface area contributed by atoms with Gasteiger partial charge in [-0.25, -0.2) is 4.98 Å². The van der Waals surface area contributed by atoms with Crippen molar-refractivity contribution in [1.29, 1.82) is 5.26 Å². The van der Waals surface area contributed by atoms with Crippen molar-refractivity contribution in [2.75, 3.05) is 18.0 Å². The number of halogens is 1. The minimum absolute atomic E-state index is 0.131. The Morgan fingerprint density at radius 2 is 2.04 bits per heavy atom. The predicted molar refractivity (Wildman–Crippen MR) is 101 cm³/mol. The summed E-state index contributed by atoms with van der Waals surface area (Å²) in [7, 11) is 0. The smallest absolute Gasteiger partial charge is 0.263 e. The number of anilines is 2. The maximum Gasteiger partial charge on any atom is 0.263 e. The Morgan fingerprint density at radius 1 is 1.32 bits per heavy atom. The maximum atomic E-state index is 12.4. The first kappa shape index (κ1) is 17.0. The van der Waals surface area contributed by atoms with E-state index in [-0.39, 0.29) is 17.3 Å². The first-order valence-corrected chi connectivity index (χ1v) is 8.60. The summed E-state index contributed by atoms with van der Waals surface area (Å²) in [4.78, 5) is 17.4. The highest BCUT2D eigenvalue weighted by atomic mass is 35.5. The summed E-state index contributed by atoms with van der Waals surface area (Å²) in [6.45, 7) is 0.465. The normalized spacial score (nSPS) is 10.6. The van der Waals surface area contributed by atoms with E-state index in [1.165, 1.54) is 0 Å². The van der Waals surface area contributed by atoms with Crippen LogP contribution in [0.3, 0.4) is 0 Å². The number of benzene rings is 1. The molecule has 1 aromatic carbocycles. The summed E-state index contributed by atoms with van der Waals surface area (Å²) in [5, 5.41) is 13.1. The number of nitrogens with one attached hydrogen (secondary N) is 1. The quantitative estimate of drug-likeness (QED) is 0.651. The van der Waals surface area contributed by atoms with Crippen LogP contribution in [0.1, 0.15) is 20.8 Å². The molecule has 0 aliphatic carbocycles. The standard InChI is InChI=1S/C17H14ClN5OS/c18-11-3-1-9(2-4-11)5-6-22-16(24)14-13(20)12-7-10(8-19)15(21)23-17(12)25-14/h1-4,7H,5-6,20H2,(H2,21,23)(H,22,24). The molecule has 0 atom stereocenters. The molecule has 0 radical (unpaired) electrons. The van der Waals surface area contributed by atoms with Gasteiger partial charge in [-0.05, 0) is 30.2 Å². The molecule has 0 fully saturated rings. The minimum atomic E-state index is -0.272. The van der Waals surface area contributed by atoms with E-state index in [4.69, 9.17) is 28.3 Å². The number of carbonyl (C=O) groups excluding carboxylic acids is 1. The number of carbonyl (C=O) groups is 1. The van der Waals surface area contributed by atoms with Gasteiger partial charge >= 0.3 is 0 Å². The average Bonchev–Trinajstić information content (AvgIpc) is 2.91. The van der Waals surface area contributed by atoms with Gasteiger partial charge in [-0.2, -0.15) is 5.26 Å². The number of thiophene rings is 1. The fourth-order valence-electron chi connectivity index (χ4n) is 2.36. The molecule has 0 spiro atoms. The topological polar surface area (TPSA) is 118 Å². The number of fused-ring (bicyclic) bond motifs is 1. The first-order chi connectivity index (χ1) is 12.0. The van der Waals surface area contributed by atoms with Crippen molar-refractivity contribution in [2.45, 2.75) is 6.42 Å². The van der Waals surface area contributed by atoms with Crippen LogP contribution in [0.4, 0.5) is 11.5 Å². The van der Waals surface area contributed by atoms with E-state index in [0.29, 0.717) is 38.8 Å². The van der Waals surface area contributed by atoms with Crippen molar-refractivity contribution in [3.8, 4) is 6.07 Å². The van der Waals surface area contributed by atoms with Gasteiger partial charge in [0.2, 0.25) is 0 Å². The predicted octanol–water partition coefficient (Wildman–Crippen LogP) is 2.96. The van der Waals surface area contributed by atoms with Crippen molar-refractivity contribution in [2.24, 2.45) is 0 Å². The molecule has 3 rings (SSSR count). The van der Waals surface area contributed by atoms with Crippen LogP contribution in [-0.2, 0) is 6.42 Å². The summed E-state index contributed by atoms with van der Waals surface area (Å²) in [6, 6.07) is 11.0. The lowest BCUT2D eigenvalue weighted by atomic mass is 10.1. The molecular weight excluding hydrogens is 358 g/mol. The van der Waals surface area contributed by atoms with Crippen molar-refractivity contribution in [3.05, 3.63) is 51.4 Å². The van der Waals surface area contributed by atoms with Crippen LogP contribution >= 0.6 is 22.9 Å². The summed E-state index contributed by atoms with van der Waals surface area (Å²) < 4.78 is 0. The van der Waals surface area contributed by atoms with Crippen LogP contribution < -0.4 is 16.8 Å².